The summed E-state index contributed by atoms with van der Waals surface area (Å²) in [7, 11) is 0. The highest BCUT2D eigenvalue weighted by molar-refractivity contribution is 5.69. The van der Waals surface area contributed by atoms with E-state index in [0.717, 1.165) is 58.7 Å². The molecular weight excluding hydrogens is 402 g/mol. The zero-order valence-electron chi connectivity index (χ0n) is 19.1. The first-order valence-corrected chi connectivity index (χ1v) is 11.1. The van der Waals surface area contributed by atoms with E-state index in [-0.39, 0.29) is 6.42 Å². The Bertz CT molecular complexity index is 1020. The van der Waals surface area contributed by atoms with Gasteiger partial charge in [-0.2, -0.15) is 0 Å². The van der Waals surface area contributed by atoms with Gasteiger partial charge in [-0.05, 0) is 67.1 Å². The van der Waals surface area contributed by atoms with Crippen LogP contribution in [0.5, 0.6) is 11.6 Å². The predicted molar refractivity (Wildman–Crippen MR) is 126 cm³/mol. The summed E-state index contributed by atoms with van der Waals surface area (Å²) >= 11 is 0. The highest BCUT2D eigenvalue weighted by Gasteiger charge is 2.11. The van der Waals surface area contributed by atoms with E-state index in [4.69, 9.17) is 19.6 Å². The summed E-state index contributed by atoms with van der Waals surface area (Å²) in [4.78, 5) is 15.4. The van der Waals surface area contributed by atoms with Crippen LogP contribution >= 0.6 is 0 Å². The lowest BCUT2D eigenvalue weighted by molar-refractivity contribution is -0.136. The lowest BCUT2D eigenvalue weighted by atomic mass is 9.99. The molecule has 0 unspecified atom stereocenters. The number of aliphatic carboxylic acids is 1. The Morgan fingerprint density at radius 1 is 0.969 bits per heavy atom. The van der Waals surface area contributed by atoms with Crippen molar-refractivity contribution in [2.24, 2.45) is 0 Å². The summed E-state index contributed by atoms with van der Waals surface area (Å²) in [6.07, 6.45) is 2.83. The molecule has 0 saturated carbocycles. The van der Waals surface area contributed by atoms with E-state index in [0.29, 0.717) is 18.9 Å². The second-order valence-electron chi connectivity index (χ2n) is 7.99. The largest absolute Gasteiger partial charge is 0.494 e. The number of hydrogen-bond acceptors (Lipinski definition) is 4. The number of carboxylic acid groups (broad SMARTS) is 1. The van der Waals surface area contributed by atoms with Crippen molar-refractivity contribution in [3.63, 3.8) is 0 Å². The van der Waals surface area contributed by atoms with Crippen molar-refractivity contribution in [1.29, 1.82) is 0 Å². The van der Waals surface area contributed by atoms with Crippen LogP contribution in [0.2, 0.25) is 0 Å². The summed E-state index contributed by atoms with van der Waals surface area (Å²) in [5.74, 6) is 0.684. The second-order valence-corrected chi connectivity index (χ2v) is 7.99. The summed E-state index contributed by atoms with van der Waals surface area (Å²) in [6, 6.07) is 17.8. The summed E-state index contributed by atoms with van der Waals surface area (Å²) in [6.45, 7) is 7.45. The first-order chi connectivity index (χ1) is 15.5. The fourth-order valence-electron chi connectivity index (χ4n) is 3.59. The smallest absolute Gasteiger partial charge is 0.303 e. The van der Waals surface area contributed by atoms with Crippen molar-refractivity contribution in [2.45, 2.75) is 53.1 Å². The molecule has 0 aliphatic rings. The van der Waals surface area contributed by atoms with Gasteiger partial charge in [0, 0.05) is 18.1 Å². The topological polar surface area (TPSA) is 68.7 Å². The molecule has 0 spiro atoms. The van der Waals surface area contributed by atoms with E-state index in [2.05, 4.69) is 32.9 Å². The van der Waals surface area contributed by atoms with Gasteiger partial charge in [-0.15, -0.1) is 0 Å². The summed E-state index contributed by atoms with van der Waals surface area (Å²) < 4.78 is 11.8. The molecule has 0 aliphatic heterocycles. The van der Waals surface area contributed by atoms with Crippen LogP contribution in [0.4, 0.5) is 0 Å². The molecule has 0 atom stereocenters. The molecule has 0 radical (unpaired) electrons. The molecular formula is C27H31NO4. The number of aryl methyl sites for hydroxylation is 3. The lowest BCUT2D eigenvalue weighted by Gasteiger charge is -2.14. The molecule has 3 rings (SSSR count). The van der Waals surface area contributed by atoms with Gasteiger partial charge in [-0.1, -0.05) is 43.7 Å². The average Bonchev–Trinajstić information content (AvgIpc) is 2.77. The minimum absolute atomic E-state index is 0.136. The molecule has 5 heteroatoms. The number of unbranched alkanes of at least 4 members (excludes halogenated alkanes) is 1. The third-order valence-corrected chi connectivity index (χ3v) is 5.29. The molecule has 0 bridgehead atoms. The molecule has 0 amide bonds. The fraction of sp³-hybridized carbons (Fsp3) is 0.333. The Labute approximate surface area is 190 Å². The lowest BCUT2D eigenvalue weighted by Crippen LogP contribution is -2.01. The maximum atomic E-state index is 10.7. The second kappa shape index (κ2) is 11.3. The number of hydrogen-bond donors (Lipinski definition) is 1. The predicted octanol–water partition coefficient (Wildman–Crippen LogP) is 6.14. The molecule has 0 saturated heterocycles. The van der Waals surface area contributed by atoms with Crippen LogP contribution in [0.25, 0.3) is 11.3 Å². The first-order valence-electron chi connectivity index (χ1n) is 11.1. The molecule has 0 fully saturated rings. The van der Waals surface area contributed by atoms with Gasteiger partial charge in [0.2, 0.25) is 5.88 Å². The van der Waals surface area contributed by atoms with Crippen molar-refractivity contribution < 1.29 is 19.4 Å². The maximum Gasteiger partial charge on any atom is 0.303 e. The molecule has 1 heterocycles. The Morgan fingerprint density at radius 3 is 2.31 bits per heavy atom. The van der Waals surface area contributed by atoms with Gasteiger partial charge in [0.05, 0.1) is 12.3 Å². The SMILES string of the molecule is CCCCOc1cc(C)c(-c2cccc(OCc3ccc(CCC(=O)O)cc3)n2)c(C)c1. The van der Waals surface area contributed by atoms with Crippen LogP contribution in [-0.2, 0) is 17.8 Å². The van der Waals surface area contributed by atoms with Gasteiger partial charge in [0.15, 0.2) is 0 Å². The van der Waals surface area contributed by atoms with Gasteiger partial charge in [0.1, 0.15) is 12.4 Å². The molecule has 0 aliphatic carbocycles. The van der Waals surface area contributed by atoms with Crippen molar-refractivity contribution in [1.82, 2.24) is 4.98 Å². The minimum Gasteiger partial charge on any atom is -0.494 e. The zero-order valence-corrected chi connectivity index (χ0v) is 19.1. The monoisotopic (exact) mass is 433 g/mol. The van der Waals surface area contributed by atoms with Crippen molar-refractivity contribution in [3.8, 4) is 22.9 Å². The number of aromatic nitrogens is 1. The van der Waals surface area contributed by atoms with E-state index < -0.39 is 5.97 Å². The molecule has 168 valence electrons. The molecule has 1 aromatic heterocycles. The molecule has 1 N–H and O–H groups in total. The Kier molecular flexibility index (Phi) is 8.26. The quantitative estimate of drug-likeness (QED) is 0.368. The highest BCUT2D eigenvalue weighted by atomic mass is 16.5. The van der Waals surface area contributed by atoms with Gasteiger partial charge < -0.3 is 14.6 Å². The Hall–Kier alpha value is -3.34. The van der Waals surface area contributed by atoms with Gasteiger partial charge >= 0.3 is 5.97 Å². The van der Waals surface area contributed by atoms with Crippen LogP contribution in [0.3, 0.4) is 0 Å². The molecule has 5 nitrogen and oxygen atoms in total. The number of carboxylic acids is 1. The zero-order chi connectivity index (χ0) is 22.9. The molecule has 2 aromatic carbocycles. The Balaban J connectivity index is 1.67. The maximum absolute atomic E-state index is 10.7. The Morgan fingerprint density at radius 2 is 1.66 bits per heavy atom. The third kappa shape index (κ3) is 6.58. The number of nitrogens with zero attached hydrogens (tertiary/aromatic N) is 1. The third-order valence-electron chi connectivity index (χ3n) is 5.29. The van der Waals surface area contributed by atoms with E-state index in [1.54, 1.807) is 0 Å². The standard InChI is InChI=1S/C27H31NO4/c1-4-5-15-31-23-16-19(2)27(20(3)17-23)24-7-6-8-25(28-24)32-18-22-11-9-21(10-12-22)13-14-26(29)30/h6-12,16-17H,4-5,13-15,18H2,1-3H3,(H,29,30). The first kappa shape index (κ1) is 23.3. The normalized spacial score (nSPS) is 10.7. The fourth-order valence-corrected chi connectivity index (χ4v) is 3.59. The van der Waals surface area contributed by atoms with Crippen LogP contribution in [0.1, 0.15) is 48.4 Å². The molecule has 3 aromatic rings. The van der Waals surface area contributed by atoms with Crippen LogP contribution in [0.15, 0.2) is 54.6 Å². The number of benzene rings is 2. The number of carbonyl (C=O) groups is 1. The molecule has 32 heavy (non-hydrogen) atoms. The van der Waals surface area contributed by atoms with Crippen LogP contribution in [-0.4, -0.2) is 22.7 Å². The van der Waals surface area contributed by atoms with Crippen LogP contribution in [0, 0.1) is 13.8 Å². The van der Waals surface area contributed by atoms with Crippen molar-refractivity contribution in [2.75, 3.05) is 6.61 Å². The summed E-state index contributed by atoms with van der Waals surface area (Å²) in [5, 5.41) is 8.80. The minimum atomic E-state index is -0.785. The van der Waals surface area contributed by atoms with Gasteiger partial charge in [-0.3, -0.25) is 4.79 Å². The van der Waals surface area contributed by atoms with Crippen LogP contribution < -0.4 is 9.47 Å². The van der Waals surface area contributed by atoms with E-state index in [1.807, 2.05) is 42.5 Å². The van der Waals surface area contributed by atoms with Gasteiger partial charge in [0.25, 0.3) is 0 Å². The van der Waals surface area contributed by atoms with Gasteiger partial charge in [-0.25, -0.2) is 4.98 Å². The summed E-state index contributed by atoms with van der Waals surface area (Å²) in [5.41, 5.74) is 6.24. The van der Waals surface area contributed by atoms with E-state index in [1.165, 1.54) is 0 Å². The van der Waals surface area contributed by atoms with Crippen molar-refractivity contribution in [3.05, 3.63) is 76.9 Å². The number of rotatable bonds is 11. The van der Waals surface area contributed by atoms with Crippen molar-refractivity contribution >= 4 is 5.97 Å². The van der Waals surface area contributed by atoms with E-state index >= 15 is 0 Å². The van der Waals surface area contributed by atoms with E-state index in [9.17, 15) is 4.79 Å². The highest BCUT2D eigenvalue weighted by Crippen LogP contribution is 2.31. The number of pyridine rings is 1. The average molecular weight is 434 g/mol. The number of ether oxygens (including phenoxy) is 2.